The largest absolute Gasteiger partial charge is 0.388 e. The molecule has 0 aliphatic carbocycles. The van der Waals surface area contributed by atoms with Crippen LogP contribution in [0.25, 0.3) is 10.8 Å². The molecule has 0 N–H and O–H groups in total. The Morgan fingerprint density at radius 3 is 2.53 bits per heavy atom. The van der Waals surface area contributed by atoms with Gasteiger partial charge in [0.05, 0.1) is 5.39 Å². The van der Waals surface area contributed by atoms with Crippen LogP contribution in [0.3, 0.4) is 0 Å². The van der Waals surface area contributed by atoms with E-state index in [1.54, 1.807) is 30.3 Å². The SMILES string of the molecule is [O-][Cl+3]([O-])([O-])Oc1nccc2ccccc12. The van der Waals surface area contributed by atoms with Crippen LogP contribution in [0.5, 0.6) is 5.88 Å². The third-order valence-electron chi connectivity index (χ3n) is 1.80. The number of nitrogens with zero attached hydrogens (tertiary/aromatic N) is 1. The second kappa shape index (κ2) is 3.63. The minimum Gasteiger partial charge on any atom is -0.207 e. The predicted molar refractivity (Wildman–Crippen MR) is 42.4 cm³/mol. The van der Waals surface area contributed by atoms with Crippen molar-refractivity contribution in [3.63, 3.8) is 0 Å². The van der Waals surface area contributed by atoms with E-state index in [4.69, 9.17) is 0 Å². The first kappa shape index (κ1) is 10.1. The summed E-state index contributed by atoms with van der Waals surface area (Å²) in [5.41, 5.74) is 0. The van der Waals surface area contributed by atoms with Gasteiger partial charge in [0.1, 0.15) is 10.2 Å². The third kappa shape index (κ3) is 2.34. The number of pyridine rings is 1. The molecule has 0 radical (unpaired) electrons. The molecule has 1 aromatic heterocycles. The van der Waals surface area contributed by atoms with Gasteiger partial charge in [-0.2, -0.15) is 14.0 Å². The molecule has 1 heterocycles. The fourth-order valence-corrected chi connectivity index (χ4v) is 1.54. The highest BCUT2D eigenvalue weighted by molar-refractivity contribution is 5.86. The summed E-state index contributed by atoms with van der Waals surface area (Å²) in [4.78, 5) is 3.68. The van der Waals surface area contributed by atoms with Crippen molar-refractivity contribution < 1.29 is 28.5 Å². The standard InChI is InChI=1S/C9H6ClNO4/c12-10(13,14)15-9-8-4-2-1-3-7(8)5-6-11-9/h1-6H. The van der Waals surface area contributed by atoms with Crippen molar-refractivity contribution in [1.29, 1.82) is 0 Å². The number of fused-ring (bicyclic) bond motifs is 1. The molecule has 0 saturated heterocycles. The lowest BCUT2D eigenvalue weighted by Crippen LogP contribution is -2.63. The molecule has 0 bridgehead atoms. The van der Waals surface area contributed by atoms with Crippen LogP contribution in [0.2, 0.25) is 0 Å². The molecule has 1 aromatic carbocycles. The van der Waals surface area contributed by atoms with Crippen LogP contribution >= 0.6 is 0 Å². The molecular weight excluding hydrogens is 222 g/mol. The number of hydrogen-bond donors (Lipinski definition) is 0. The molecule has 0 spiro atoms. The molecular formula is C9H6ClNO4. The van der Waals surface area contributed by atoms with Gasteiger partial charge in [-0.3, -0.25) is 0 Å². The monoisotopic (exact) mass is 227 g/mol. The van der Waals surface area contributed by atoms with E-state index < -0.39 is 10.2 Å². The summed E-state index contributed by atoms with van der Waals surface area (Å²) in [6.45, 7) is 0. The number of benzene rings is 1. The van der Waals surface area contributed by atoms with Crippen molar-refractivity contribution in [2.75, 3.05) is 0 Å². The highest BCUT2D eigenvalue weighted by Gasteiger charge is 2.22. The molecule has 0 amide bonds. The number of hydrogen-bond acceptors (Lipinski definition) is 5. The smallest absolute Gasteiger partial charge is 0.207 e. The maximum atomic E-state index is 10.4. The van der Waals surface area contributed by atoms with Gasteiger partial charge in [0, 0.05) is 6.20 Å². The fourth-order valence-electron chi connectivity index (χ4n) is 1.24. The molecule has 0 aliphatic heterocycles. The summed E-state index contributed by atoms with van der Waals surface area (Å²) in [6.07, 6.45) is 1.37. The Morgan fingerprint density at radius 2 is 1.80 bits per heavy atom. The minimum absolute atomic E-state index is 0.204. The maximum Gasteiger partial charge on any atom is 0.388 e. The van der Waals surface area contributed by atoms with Crippen molar-refractivity contribution in [3.8, 4) is 5.88 Å². The summed E-state index contributed by atoms with van der Waals surface area (Å²) in [5.74, 6) is -0.204. The van der Waals surface area contributed by atoms with Crippen LogP contribution in [-0.4, -0.2) is 4.98 Å². The van der Waals surface area contributed by atoms with E-state index in [0.717, 1.165) is 5.39 Å². The first-order valence-electron chi connectivity index (χ1n) is 4.00. The summed E-state index contributed by atoms with van der Waals surface area (Å²) in [5, 5.41) is 1.23. The third-order valence-corrected chi connectivity index (χ3v) is 2.14. The minimum atomic E-state index is -4.51. The second-order valence-corrected chi connectivity index (χ2v) is 3.70. The molecule has 0 fully saturated rings. The normalized spacial score (nSPS) is 11.7. The van der Waals surface area contributed by atoms with Crippen molar-refractivity contribution in [3.05, 3.63) is 36.5 Å². The van der Waals surface area contributed by atoms with Gasteiger partial charge < -0.3 is 0 Å². The Hall–Kier alpha value is -1.40. The summed E-state index contributed by atoms with van der Waals surface area (Å²) in [6, 6.07) is 8.56. The molecule has 0 saturated carbocycles. The van der Waals surface area contributed by atoms with Crippen molar-refractivity contribution in [2.24, 2.45) is 0 Å². The van der Waals surface area contributed by atoms with Crippen LogP contribution in [0, 0.1) is 10.2 Å². The Morgan fingerprint density at radius 1 is 1.07 bits per heavy atom. The summed E-state index contributed by atoms with van der Waals surface area (Å²) >= 11 is 0. The molecule has 15 heavy (non-hydrogen) atoms. The van der Waals surface area contributed by atoms with E-state index in [1.165, 1.54) is 6.20 Å². The Balaban J connectivity index is 2.52. The molecule has 2 aromatic rings. The van der Waals surface area contributed by atoms with Crippen LogP contribution in [0.1, 0.15) is 0 Å². The van der Waals surface area contributed by atoms with Crippen molar-refractivity contribution in [1.82, 2.24) is 4.98 Å². The van der Waals surface area contributed by atoms with Crippen LogP contribution in [0.4, 0.5) is 0 Å². The van der Waals surface area contributed by atoms with Crippen molar-refractivity contribution >= 4 is 10.8 Å². The summed E-state index contributed by atoms with van der Waals surface area (Å²) < 4.78 is 35.4. The zero-order valence-corrected chi connectivity index (χ0v) is 8.18. The quantitative estimate of drug-likeness (QED) is 0.623. The maximum absolute atomic E-state index is 10.4. The van der Waals surface area contributed by atoms with Gasteiger partial charge in [0.2, 0.25) is 0 Å². The van der Waals surface area contributed by atoms with E-state index in [-0.39, 0.29) is 5.88 Å². The van der Waals surface area contributed by atoms with E-state index in [9.17, 15) is 14.0 Å². The van der Waals surface area contributed by atoms with Crippen LogP contribution < -0.4 is 18.3 Å². The van der Waals surface area contributed by atoms with Gasteiger partial charge in [-0.05, 0) is 21.8 Å². The van der Waals surface area contributed by atoms with E-state index in [2.05, 4.69) is 9.27 Å². The number of rotatable bonds is 2. The molecule has 5 nitrogen and oxygen atoms in total. The first-order valence-corrected chi connectivity index (χ1v) is 5.24. The molecule has 0 atom stereocenters. The lowest BCUT2D eigenvalue weighted by molar-refractivity contribution is -1.91. The van der Waals surface area contributed by atoms with Gasteiger partial charge in [0.15, 0.2) is 0 Å². The Labute approximate surface area is 87.3 Å². The summed E-state index contributed by atoms with van der Waals surface area (Å²) in [7, 11) is -4.51. The molecule has 0 aliphatic rings. The first-order chi connectivity index (χ1) is 7.06. The zero-order chi connectivity index (χ0) is 10.9. The fraction of sp³-hybridized carbons (Fsp3) is 0. The van der Waals surface area contributed by atoms with Crippen LogP contribution in [0.15, 0.2) is 36.5 Å². The molecule has 78 valence electrons. The lowest BCUT2D eigenvalue weighted by Gasteiger charge is -2.12. The second-order valence-electron chi connectivity index (χ2n) is 2.79. The Bertz CT molecular complexity index is 477. The lowest BCUT2D eigenvalue weighted by atomic mass is 10.2. The number of halogens is 1. The Kier molecular flexibility index (Phi) is 2.45. The van der Waals surface area contributed by atoms with Gasteiger partial charge >= 0.3 is 5.88 Å². The molecule has 0 unspecified atom stereocenters. The average molecular weight is 228 g/mol. The number of aromatic nitrogens is 1. The highest BCUT2D eigenvalue weighted by Crippen LogP contribution is 2.23. The van der Waals surface area contributed by atoms with E-state index in [1.807, 2.05) is 0 Å². The van der Waals surface area contributed by atoms with E-state index in [0.29, 0.717) is 5.39 Å². The molecule has 6 heteroatoms. The predicted octanol–water partition coefficient (Wildman–Crippen LogP) is -1.49. The molecule has 2 rings (SSSR count). The van der Waals surface area contributed by atoms with E-state index >= 15 is 0 Å². The van der Waals surface area contributed by atoms with Crippen LogP contribution in [-0.2, 0) is 0 Å². The average Bonchev–Trinajstić information content (AvgIpc) is 2.16. The topological polar surface area (TPSA) is 91.3 Å². The van der Waals surface area contributed by atoms with Gasteiger partial charge in [-0.1, -0.05) is 18.2 Å². The van der Waals surface area contributed by atoms with Gasteiger partial charge in [-0.15, -0.1) is 0 Å². The zero-order valence-electron chi connectivity index (χ0n) is 7.42. The van der Waals surface area contributed by atoms with Gasteiger partial charge in [0.25, 0.3) is 0 Å². The van der Waals surface area contributed by atoms with Crippen molar-refractivity contribution in [2.45, 2.75) is 0 Å². The van der Waals surface area contributed by atoms with Gasteiger partial charge in [-0.25, -0.2) is 4.98 Å². The highest BCUT2D eigenvalue weighted by atomic mass is 35.7.